The van der Waals surface area contributed by atoms with Gasteiger partial charge in [0.25, 0.3) is 17.5 Å². The molecule has 0 spiro atoms. The Morgan fingerprint density at radius 2 is 1.78 bits per heavy atom. The van der Waals surface area contributed by atoms with Crippen LogP contribution in [0.4, 0.5) is 11.4 Å². The van der Waals surface area contributed by atoms with Crippen LogP contribution in [0.2, 0.25) is 0 Å². The summed E-state index contributed by atoms with van der Waals surface area (Å²) in [4.78, 5) is 34.9. The van der Waals surface area contributed by atoms with Gasteiger partial charge in [-0.05, 0) is 89.8 Å². The summed E-state index contributed by atoms with van der Waals surface area (Å²) in [5.41, 5.74) is 5.96. The van der Waals surface area contributed by atoms with Crippen LogP contribution in [0.3, 0.4) is 0 Å². The third kappa shape index (κ3) is 7.61. The van der Waals surface area contributed by atoms with Gasteiger partial charge in [0.05, 0.1) is 22.2 Å². The van der Waals surface area contributed by atoms with Gasteiger partial charge in [-0.25, -0.2) is 5.43 Å². The maximum atomic E-state index is 12.4. The van der Waals surface area contributed by atoms with Gasteiger partial charge in [-0.3, -0.25) is 19.7 Å². The molecule has 0 radical (unpaired) electrons. The molecule has 0 bridgehead atoms. The molecule has 3 aromatic rings. The highest BCUT2D eigenvalue weighted by Gasteiger charge is 2.14. The standard InChI is InChI=1S/C26H25BrN4O6/c1-4-36-23-13-18(14-28-30-26(33)19-6-9-21(10-7-19)31(34)35)12-22(27)25(23)37-15-24(32)29-20-8-5-16(2)17(3)11-20/h5-14H,4,15H2,1-3H3,(H,29,32)(H,30,33)/b28-14+. The summed E-state index contributed by atoms with van der Waals surface area (Å²) in [6, 6.07) is 14.2. The second-order valence-corrected chi connectivity index (χ2v) is 8.76. The van der Waals surface area contributed by atoms with Crippen LogP contribution in [0.25, 0.3) is 0 Å². The number of halogens is 1. The first kappa shape index (κ1) is 27.3. The van der Waals surface area contributed by atoms with Crippen molar-refractivity contribution in [3.8, 4) is 11.5 Å². The number of rotatable bonds is 10. The van der Waals surface area contributed by atoms with Crippen LogP contribution >= 0.6 is 15.9 Å². The van der Waals surface area contributed by atoms with E-state index in [4.69, 9.17) is 9.47 Å². The van der Waals surface area contributed by atoms with Crippen LogP contribution in [0, 0.1) is 24.0 Å². The van der Waals surface area contributed by atoms with E-state index < -0.39 is 10.8 Å². The molecule has 0 aliphatic carbocycles. The van der Waals surface area contributed by atoms with E-state index in [1.807, 2.05) is 39.0 Å². The van der Waals surface area contributed by atoms with E-state index >= 15 is 0 Å². The van der Waals surface area contributed by atoms with Crippen molar-refractivity contribution in [2.75, 3.05) is 18.5 Å². The van der Waals surface area contributed by atoms with Gasteiger partial charge in [0.15, 0.2) is 18.1 Å². The molecule has 11 heteroatoms. The summed E-state index contributed by atoms with van der Waals surface area (Å²) in [5.74, 6) is -0.106. The number of carbonyl (C=O) groups is 2. The normalized spacial score (nSPS) is 10.7. The number of ether oxygens (including phenoxy) is 2. The molecule has 0 atom stereocenters. The third-order valence-electron chi connectivity index (χ3n) is 5.19. The first-order valence-electron chi connectivity index (χ1n) is 11.2. The van der Waals surface area contributed by atoms with Crippen molar-refractivity contribution in [3.63, 3.8) is 0 Å². The fraction of sp³-hybridized carbons (Fsp3) is 0.192. The summed E-state index contributed by atoms with van der Waals surface area (Å²) in [5, 5.41) is 17.5. The molecule has 10 nitrogen and oxygen atoms in total. The molecule has 0 heterocycles. The number of hydrogen-bond acceptors (Lipinski definition) is 7. The van der Waals surface area contributed by atoms with E-state index in [-0.39, 0.29) is 23.8 Å². The van der Waals surface area contributed by atoms with Crippen LogP contribution < -0.4 is 20.2 Å². The number of anilines is 1. The molecule has 0 fully saturated rings. The lowest BCUT2D eigenvalue weighted by Crippen LogP contribution is -2.20. The monoisotopic (exact) mass is 568 g/mol. The molecule has 0 saturated heterocycles. The highest BCUT2D eigenvalue weighted by molar-refractivity contribution is 9.10. The summed E-state index contributed by atoms with van der Waals surface area (Å²) in [7, 11) is 0. The molecular weight excluding hydrogens is 544 g/mol. The van der Waals surface area contributed by atoms with Gasteiger partial charge >= 0.3 is 0 Å². The maximum Gasteiger partial charge on any atom is 0.271 e. The zero-order valence-electron chi connectivity index (χ0n) is 20.4. The van der Waals surface area contributed by atoms with Crippen molar-refractivity contribution in [1.82, 2.24) is 5.43 Å². The number of carbonyl (C=O) groups excluding carboxylic acids is 2. The number of amides is 2. The first-order chi connectivity index (χ1) is 17.7. The Hall–Kier alpha value is -4.25. The fourth-order valence-electron chi connectivity index (χ4n) is 3.18. The molecule has 2 N–H and O–H groups in total. The minimum absolute atomic E-state index is 0.113. The highest BCUT2D eigenvalue weighted by Crippen LogP contribution is 2.36. The Morgan fingerprint density at radius 3 is 2.43 bits per heavy atom. The van der Waals surface area contributed by atoms with E-state index in [1.165, 1.54) is 30.5 Å². The average Bonchev–Trinajstić information content (AvgIpc) is 2.86. The van der Waals surface area contributed by atoms with Gasteiger partial charge in [-0.2, -0.15) is 5.10 Å². The number of hydrazone groups is 1. The molecule has 2 amide bonds. The number of nitro groups is 1. The van der Waals surface area contributed by atoms with Crippen molar-refractivity contribution in [2.45, 2.75) is 20.8 Å². The molecule has 0 aliphatic heterocycles. The lowest BCUT2D eigenvalue weighted by Gasteiger charge is -2.15. The molecule has 0 saturated carbocycles. The number of aryl methyl sites for hydroxylation is 2. The molecule has 37 heavy (non-hydrogen) atoms. The van der Waals surface area contributed by atoms with Crippen molar-refractivity contribution < 1.29 is 24.0 Å². The van der Waals surface area contributed by atoms with E-state index in [1.54, 1.807) is 12.1 Å². The van der Waals surface area contributed by atoms with Gasteiger partial charge in [0.2, 0.25) is 0 Å². The second-order valence-electron chi connectivity index (χ2n) is 7.90. The lowest BCUT2D eigenvalue weighted by atomic mass is 10.1. The lowest BCUT2D eigenvalue weighted by molar-refractivity contribution is -0.384. The number of non-ortho nitro benzene ring substituents is 1. The second kappa shape index (κ2) is 12.6. The number of nitrogens with zero attached hydrogens (tertiary/aromatic N) is 2. The summed E-state index contributed by atoms with van der Waals surface area (Å²) < 4.78 is 11.9. The highest BCUT2D eigenvalue weighted by atomic mass is 79.9. The van der Waals surface area contributed by atoms with Crippen LogP contribution in [0.1, 0.15) is 34.0 Å². The van der Waals surface area contributed by atoms with Gasteiger partial charge in [0, 0.05) is 23.4 Å². The van der Waals surface area contributed by atoms with Crippen LogP contribution in [0.5, 0.6) is 11.5 Å². The number of nitro benzene ring substituents is 1. The predicted molar refractivity (Wildman–Crippen MR) is 144 cm³/mol. The minimum atomic E-state index is -0.543. The smallest absolute Gasteiger partial charge is 0.271 e. The summed E-state index contributed by atoms with van der Waals surface area (Å²) in [6.07, 6.45) is 1.41. The third-order valence-corrected chi connectivity index (χ3v) is 5.78. The Kier molecular flexibility index (Phi) is 9.33. The Balaban J connectivity index is 1.65. The quantitative estimate of drug-likeness (QED) is 0.197. The van der Waals surface area contributed by atoms with Crippen molar-refractivity contribution >= 4 is 45.3 Å². The molecule has 192 valence electrons. The Bertz CT molecular complexity index is 1340. The van der Waals surface area contributed by atoms with Crippen LogP contribution in [-0.2, 0) is 4.79 Å². The Morgan fingerprint density at radius 1 is 1.05 bits per heavy atom. The molecule has 0 unspecified atom stereocenters. The van der Waals surface area contributed by atoms with Gasteiger partial charge in [0.1, 0.15) is 0 Å². The van der Waals surface area contributed by atoms with Crippen molar-refractivity contribution in [2.24, 2.45) is 5.10 Å². The minimum Gasteiger partial charge on any atom is -0.490 e. The number of nitrogens with one attached hydrogen (secondary N) is 2. The van der Waals surface area contributed by atoms with Gasteiger partial charge in [-0.15, -0.1) is 0 Å². The number of hydrogen-bond donors (Lipinski definition) is 2. The largest absolute Gasteiger partial charge is 0.490 e. The molecule has 0 aliphatic rings. The van der Waals surface area contributed by atoms with Crippen LogP contribution in [0.15, 0.2) is 64.2 Å². The van der Waals surface area contributed by atoms with Crippen LogP contribution in [-0.4, -0.2) is 36.2 Å². The summed E-state index contributed by atoms with van der Waals surface area (Å²) >= 11 is 3.44. The van der Waals surface area contributed by atoms with Gasteiger partial charge in [-0.1, -0.05) is 6.07 Å². The SMILES string of the molecule is CCOc1cc(/C=N/NC(=O)c2ccc([N+](=O)[O-])cc2)cc(Br)c1OCC(=O)Nc1ccc(C)c(C)c1. The topological polar surface area (TPSA) is 132 Å². The Labute approximate surface area is 222 Å². The zero-order valence-corrected chi connectivity index (χ0v) is 22.0. The molecule has 0 aromatic heterocycles. The molecule has 3 rings (SSSR count). The predicted octanol–water partition coefficient (Wildman–Crippen LogP) is 5.15. The first-order valence-corrected chi connectivity index (χ1v) is 12.0. The van der Waals surface area contributed by atoms with Crippen molar-refractivity contribution in [3.05, 3.63) is 91.4 Å². The van der Waals surface area contributed by atoms with E-state index in [2.05, 4.69) is 31.8 Å². The van der Waals surface area contributed by atoms with Crippen molar-refractivity contribution in [1.29, 1.82) is 0 Å². The molecule has 3 aromatic carbocycles. The van der Waals surface area contributed by atoms with Gasteiger partial charge < -0.3 is 14.8 Å². The molecular formula is C26H25BrN4O6. The average molecular weight is 569 g/mol. The summed E-state index contributed by atoms with van der Waals surface area (Å²) in [6.45, 7) is 5.91. The van der Waals surface area contributed by atoms with E-state index in [9.17, 15) is 19.7 Å². The maximum absolute atomic E-state index is 12.4. The van der Waals surface area contributed by atoms with E-state index in [0.29, 0.717) is 33.8 Å². The fourth-order valence-corrected chi connectivity index (χ4v) is 3.76. The van der Waals surface area contributed by atoms with E-state index in [0.717, 1.165) is 11.1 Å². The number of benzene rings is 3. The zero-order chi connectivity index (χ0) is 26.9.